The van der Waals surface area contributed by atoms with Gasteiger partial charge in [0.25, 0.3) is 0 Å². The second kappa shape index (κ2) is 3.64. The van der Waals surface area contributed by atoms with Crippen molar-refractivity contribution in [3.8, 4) is 0 Å². The fourth-order valence-corrected chi connectivity index (χ4v) is 1.82. The molecule has 4 nitrogen and oxygen atoms in total. The van der Waals surface area contributed by atoms with E-state index in [2.05, 4.69) is 4.98 Å². The molecule has 0 aliphatic rings. The summed E-state index contributed by atoms with van der Waals surface area (Å²) in [4.78, 5) is 25.2. The Hall–Kier alpha value is -1.81. The Morgan fingerprint density at radius 3 is 2.75 bits per heavy atom. The van der Waals surface area contributed by atoms with Crippen molar-refractivity contribution in [2.75, 3.05) is 0 Å². The predicted octanol–water partition coefficient (Wildman–Crippen LogP) is 2.19. The number of nitrogens with one attached hydrogen (secondary N) is 1. The van der Waals surface area contributed by atoms with Gasteiger partial charge < -0.3 is 10.1 Å². The van der Waals surface area contributed by atoms with E-state index in [-0.39, 0.29) is 11.1 Å². The van der Waals surface area contributed by atoms with E-state index < -0.39 is 5.97 Å². The number of fused-ring (bicyclic) bond motifs is 1. The quantitative estimate of drug-likeness (QED) is 0.799. The summed E-state index contributed by atoms with van der Waals surface area (Å²) in [5, 5.41) is 9.47. The van der Waals surface area contributed by atoms with Crippen LogP contribution in [0.4, 0.5) is 0 Å². The summed E-state index contributed by atoms with van der Waals surface area (Å²) in [5.41, 5.74) is 0.722. The number of halogens is 1. The van der Waals surface area contributed by atoms with Gasteiger partial charge in [0.2, 0.25) is 0 Å². The molecule has 0 aliphatic carbocycles. The molecule has 82 valence electrons. The highest BCUT2D eigenvalue weighted by Gasteiger charge is 2.11. The standard InChI is InChI=1S/C11H8ClNO3/c1-5-2-3-6(12)9-8(14)4-7(11(15)16)13-10(5)9/h2-4H,1H3,(H,13,14)(H,15,16). The topological polar surface area (TPSA) is 70.2 Å². The zero-order valence-corrected chi connectivity index (χ0v) is 9.13. The molecule has 1 aromatic heterocycles. The van der Waals surface area contributed by atoms with E-state index in [0.29, 0.717) is 15.9 Å². The van der Waals surface area contributed by atoms with Crippen molar-refractivity contribution in [1.29, 1.82) is 0 Å². The lowest BCUT2D eigenvalue weighted by Gasteiger charge is -2.05. The number of pyridine rings is 1. The lowest BCUT2D eigenvalue weighted by atomic mass is 10.1. The van der Waals surface area contributed by atoms with Crippen LogP contribution in [0.15, 0.2) is 23.0 Å². The second-order valence-electron chi connectivity index (χ2n) is 3.47. The van der Waals surface area contributed by atoms with Gasteiger partial charge in [-0.2, -0.15) is 0 Å². The van der Waals surface area contributed by atoms with Crippen LogP contribution in [0.2, 0.25) is 5.02 Å². The average molecular weight is 238 g/mol. The van der Waals surface area contributed by atoms with Gasteiger partial charge in [-0.25, -0.2) is 4.79 Å². The molecule has 0 saturated carbocycles. The van der Waals surface area contributed by atoms with Crippen LogP contribution < -0.4 is 5.43 Å². The van der Waals surface area contributed by atoms with Crippen LogP contribution in [0, 0.1) is 6.92 Å². The molecule has 1 heterocycles. The highest BCUT2D eigenvalue weighted by atomic mass is 35.5. The average Bonchev–Trinajstić information content (AvgIpc) is 2.22. The minimum Gasteiger partial charge on any atom is -0.477 e. The number of aromatic nitrogens is 1. The van der Waals surface area contributed by atoms with Crippen LogP contribution in [-0.4, -0.2) is 16.1 Å². The molecule has 0 fully saturated rings. The maximum absolute atomic E-state index is 11.7. The molecule has 0 radical (unpaired) electrons. The Kier molecular flexibility index (Phi) is 2.44. The smallest absolute Gasteiger partial charge is 0.352 e. The second-order valence-corrected chi connectivity index (χ2v) is 3.87. The summed E-state index contributed by atoms with van der Waals surface area (Å²) in [6.45, 7) is 1.78. The van der Waals surface area contributed by atoms with E-state index in [0.717, 1.165) is 11.6 Å². The molecule has 0 aliphatic heterocycles. The third kappa shape index (κ3) is 1.57. The molecule has 2 aromatic rings. The van der Waals surface area contributed by atoms with Crippen LogP contribution in [0.1, 0.15) is 16.1 Å². The first-order valence-corrected chi connectivity index (χ1v) is 4.94. The first kappa shape index (κ1) is 10.7. The van der Waals surface area contributed by atoms with Gasteiger partial charge in [0, 0.05) is 6.07 Å². The first-order chi connectivity index (χ1) is 7.50. The number of aryl methyl sites for hydroxylation is 1. The van der Waals surface area contributed by atoms with E-state index in [1.165, 1.54) is 0 Å². The van der Waals surface area contributed by atoms with Gasteiger partial charge in [-0.15, -0.1) is 0 Å². The number of benzene rings is 1. The molecule has 0 unspecified atom stereocenters. The fraction of sp³-hybridized carbons (Fsp3) is 0.0909. The number of hydrogen-bond acceptors (Lipinski definition) is 2. The highest BCUT2D eigenvalue weighted by molar-refractivity contribution is 6.35. The van der Waals surface area contributed by atoms with Crippen molar-refractivity contribution in [2.24, 2.45) is 0 Å². The van der Waals surface area contributed by atoms with E-state index in [9.17, 15) is 9.59 Å². The summed E-state index contributed by atoms with van der Waals surface area (Å²) in [6, 6.07) is 4.39. The Balaban J connectivity index is 2.98. The van der Waals surface area contributed by atoms with Crippen LogP contribution in [0.5, 0.6) is 0 Å². The Morgan fingerprint density at radius 2 is 2.12 bits per heavy atom. The molecule has 2 N–H and O–H groups in total. The molecular formula is C11H8ClNO3. The molecule has 0 atom stereocenters. The van der Waals surface area contributed by atoms with Crippen molar-refractivity contribution in [3.63, 3.8) is 0 Å². The summed E-state index contributed by atoms with van der Waals surface area (Å²) in [7, 11) is 0. The van der Waals surface area contributed by atoms with E-state index >= 15 is 0 Å². The maximum Gasteiger partial charge on any atom is 0.352 e. The van der Waals surface area contributed by atoms with Crippen molar-refractivity contribution in [3.05, 3.63) is 44.7 Å². The number of aromatic carboxylic acids is 1. The normalized spacial score (nSPS) is 10.6. The SMILES string of the molecule is Cc1ccc(Cl)c2c(=O)cc(C(=O)O)[nH]c12. The van der Waals surface area contributed by atoms with Crippen LogP contribution >= 0.6 is 11.6 Å². The van der Waals surface area contributed by atoms with E-state index in [4.69, 9.17) is 16.7 Å². The van der Waals surface area contributed by atoms with Gasteiger partial charge in [-0.3, -0.25) is 4.79 Å². The van der Waals surface area contributed by atoms with Gasteiger partial charge in [0.15, 0.2) is 5.43 Å². The van der Waals surface area contributed by atoms with Crippen molar-refractivity contribution in [1.82, 2.24) is 4.98 Å². The predicted molar refractivity (Wildman–Crippen MR) is 61.3 cm³/mol. The lowest BCUT2D eigenvalue weighted by Crippen LogP contribution is -2.10. The third-order valence-electron chi connectivity index (χ3n) is 2.37. The Bertz CT molecular complexity index is 645. The molecular weight excluding hydrogens is 230 g/mol. The molecule has 1 aromatic carbocycles. The van der Waals surface area contributed by atoms with Gasteiger partial charge >= 0.3 is 5.97 Å². The third-order valence-corrected chi connectivity index (χ3v) is 2.69. The Labute approximate surface area is 95.5 Å². The largest absolute Gasteiger partial charge is 0.477 e. The molecule has 0 bridgehead atoms. The number of hydrogen-bond donors (Lipinski definition) is 2. The number of carbonyl (C=O) groups is 1. The number of aromatic amines is 1. The zero-order valence-electron chi connectivity index (χ0n) is 8.37. The van der Waals surface area contributed by atoms with Crippen molar-refractivity contribution in [2.45, 2.75) is 6.92 Å². The minimum absolute atomic E-state index is 0.136. The number of carboxylic acids is 1. The van der Waals surface area contributed by atoms with Gasteiger partial charge in [0.1, 0.15) is 5.69 Å². The Morgan fingerprint density at radius 1 is 1.44 bits per heavy atom. The molecule has 0 saturated heterocycles. The van der Waals surface area contributed by atoms with E-state index in [1.54, 1.807) is 19.1 Å². The lowest BCUT2D eigenvalue weighted by molar-refractivity contribution is 0.0691. The minimum atomic E-state index is -1.17. The molecule has 2 rings (SSSR count). The molecule has 5 heteroatoms. The monoisotopic (exact) mass is 237 g/mol. The van der Waals surface area contributed by atoms with Crippen LogP contribution in [0.3, 0.4) is 0 Å². The molecule has 0 amide bonds. The summed E-state index contributed by atoms with van der Waals surface area (Å²) < 4.78 is 0. The highest BCUT2D eigenvalue weighted by Crippen LogP contribution is 2.21. The molecule has 16 heavy (non-hydrogen) atoms. The fourth-order valence-electron chi connectivity index (χ4n) is 1.57. The van der Waals surface area contributed by atoms with Gasteiger partial charge in [-0.05, 0) is 18.6 Å². The van der Waals surface area contributed by atoms with Crippen LogP contribution in [0.25, 0.3) is 10.9 Å². The summed E-state index contributed by atoms with van der Waals surface area (Å²) in [6.07, 6.45) is 0. The maximum atomic E-state index is 11.7. The van der Waals surface area contributed by atoms with Crippen LogP contribution in [-0.2, 0) is 0 Å². The first-order valence-electron chi connectivity index (χ1n) is 4.56. The number of H-pyrrole nitrogens is 1. The van der Waals surface area contributed by atoms with Gasteiger partial charge in [-0.1, -0.05) is 17.7 Å². The summed E-state index contributed by atoms with van der Waals surface area (Å²) in [5.74, 6) is -1.17. The van der Waals surface area contributed by atoms with Crippen molar-refractivity contribution < 1.29 is 9.90 Å². The zero-order chi connectivity index (χ0) is 11.9. The number of rotatable bonds is 1. The number of carboxylic acid groups (broad SMARTS) is 1. The molecule has 0 spiro atoms. The van der Waals surface area contributed by atoms with Gasteiger partial charge in [0.05, 0.1) is 15.9 Å². The van der Waals surface area contributed by atoms with E-state index in [1.807, 2.05) is 0 Å². The van der Waals surface area contributed by atoms with Crippen molar-refractivity contribution >= 4 is 28.5 Å². The summed E-state index contributed by atoms with van der Waals surface area (Å²) >= 11 is 5.90.